The van der Waals surface area contributed by atoms with E-state index in [4.69, 9.17) is 16.7 Å². The lowest BCUT2D eigenvalue weighted by molar-refractivity contribution is -0.385. The van der Waals surface area contributed by atoms with Crippen LogP contribution in [0.1, 0.15) is 5.56 Å². The molecule has 4 nitrogen and oxygen atoms in total. The maximum absolute atomic E-state index is 10.6. The van der Waals surface area contributed by atoms with Crippen LogP contribution in [0.3, 0.4) is 0 Å². The lowest BCUT2D eigenvalue weighted by Gasteiger charge is -1.97. The van der Waals surface area contributed by atoms with Crippen LogP contribution in [0.5, 0.6) is 0 Å². The molecule has 1 aromatic rings. The van der Waals surface area contributed by atoms with Crippen molar-refractivity contribution in [1.29, 1.82) is 0 Å². The van der Waals surface area contributed by atoms with Crippen LogP contribution < -0.4 is 0 Å². The highest BCUT2D eigenvalue weighted by Crippen LogP contribution is 2.23. The molecule has 0 fully saturated rings. The van der Waals surface area contributed by atoms with Gasteiger partial charge in [-0.15, -0.1) is 0 Å². The predicted molar refractivity (Wildman–Crippen MR) is 54.2 cm³/mol. The van der Waals surface area contributed by atoms with Crippen molar-refractivity contribution in [3.05, 3.63) is 45.0 Å². The number of rotatable bonds is 3. The number of aliphatic hydroxyl groups excluding tert-OH is 1. The average molecular weight is 214 g/mol. The van der Waals surface area contributed by atoms with Crippen LogP contribution in [0.2, 0.25) is 5.02 Å². The van der Waals surface area contributed by atoms with E-state index < -0.39 is 4.92 Å². The maximum Gasteiger partial charge on any atom is 0.276 e. The smallest absolute Gasteiger partial charge is 0.276 e. The van der Waals surface area contributed by atoms with Crippen LogP contribution in [0.4, 0.5) is 5.69 Å². The zero-order chi connectivity index (χ0) is 10.6. The third-order valence-corrected chi connectivity index (χ3v) is 1.82. The van der Waals surface area contributed by atoms with Crippen LogP contribution in [0, 0.1) is 10.1 Å². The summed E-state index contributed by atoms with van der Waals surface area (Å²) < 4.78 is 0. The summed E-state index contributed by atoms with van der Waals surface area (Å²) in [5, 5.41) is 19.5. The van der Waals surface area contributed by atoms with Crippen LogP contribution in [-0.2, 0) is 0 Å². The standard InChI is InChI=1S/C9H8ClNO3/c10-8-3-4-9(11(13)14)7(6-8)2-1-5-12/h1-4,6,12H,5H2. The monoisotopic (exact) mass is 213 g/mol. The number of nitro benzene ring substituents is 1. The van der Waals surface area contributed by atoms with Gasteiger partial charge in [-0.2, -0.15) is 0 Å². The highest BCUT2D eigenvalue weighted by atomic mass is 35.5. The Bertz CT molecular complexity index is 376. The van der Waals surface area contributed by atoms with Gasteiger partial charge in [0.25, 0.3) is 5.69 Å². The first kappa shape index (κ1) is 10.7. The van der Waals surface area contributed by atoms with E-state index in [-0.39, 0.29) is 12.3 Å². The fraction of sp³-hybridized carbons (Fsp3) is 0.111. The predicted octanol–water partition coefficient (Wildman–Crippen LogP) is 2.25. The molecule has 0 aromatic heterocycles. The number of hydrogen-bond acceptors (Lipinski definition) is 3. The van der Waals surface area contributed by atoms with Gasteiger partial charge in [0.05, 0.1) is 17.1 Å². The minimum absolute atomic E-state index is 0.0286. The van der Waals surface area contributed by atoms with E-state index in [0.717, 1.165) is 0 Å². The molecule has 0 amide bonds. The Morgan fingerprint density at radius 2 is 2.29 bits per heavy atom. The third kappa shape index (κ3) is 2.55. The molecule has 0 aliphatic heterocycles. The van der Waals surface area contributed by atoms with Gasteiger partial charge in [0.15, 0.2) is 0 Å². The molecule has 0 aliphatic rings. The topological polar surface area (TPSA) is 63.4 Å². The molecule has 1 aromatic carbocycles. The third-order valence-electron chi connectivity index (χ3n) is 1.59. The normalized spacial score (nSPS) is 10.7. The molecule has 0 aliphatic carbocycles. The lowest BCUT2D eigenvalue weighted by Crippen LogP contribution is -1.91. The molecule has 0 radical (unpaired) electrons. The van der Waals surface area contributed by atoms with Crippen molar-refractivity contribution in [2.24, 2.45) is 0 Å². The fourth-order valence-electron chi connectivity index (χ4n) is 1.00. The summed E-state index contributed by atoms with van der Waals surface area (Å²) in [6, 6.07) is 4.27. The van der Waals surface area contributed by atoms with Gasteiger partial charge in [0.2, 0.25) is 0 Å². The van der Waals surface area contributed by atoms with Crippen molar-refractivity contribution in [3.8, 4) is 0 Å². The average Bonchev–Trinajstić information content (AvgIpc) is 2.14. The van der Waals surface area contributed by atoms with Crippen molar-refractivity contribution < 1.29 is 10.0 Å². The maximum atomic E-state index is 10.6. The van der Waals surface area contributed by atoms with Crippen molar-refractivity contribution in [1.82, 2.24) is 0 Å². The quantitative estimate of drug-likeness (QED) is 0.619. The Morgan fingerprint density at radius 3 is 2.86 bits per heavy atom. The zero-order valence-corrected chi connectivity index (χ0v) is 7.94. The molecule has 5 heteroatoms. The van der Waals surface area contributed by atoms with Gasteiger partial charge < -0.3 is 5.11 Å². The summed E-state index contributed by atoms with van der Waals surface area (Å²) in [7, 11) is 0. The molecule has 0 bridgehead atoms. The minimum Gasteiger partial charge on any atom is -0.392 e. The van der Waals surface area contributed by atoms with E-state index in [1.54, 1.807) is 0 Å². The van der Waals surface area contributed by atoms with E-state index in [1.807, 2.05) is 0 Å². The minimum atomic E-state index is -0.493. The number of aliphatic hydroxyl groups is 1. The molecule has 74 valence electrons. The highest BCUT2D eigenvalue weighted by Gasteiger charge is 2.10. The largest absolute Gasteiger partial charge is 0.392 e. The summed E-state index contributed by atoms with van der Waals surface area (Å²) in [4.78, 5) is 10.1. The van der Waals surface area contributed by atoms with Crippen LogP contribution in [0.15, 0.2) is 24.3 Å². The Balaban J connectivity index is 3.15. The van der Waals surface area contributed by atoms with E-state index in [1.165, 1.54) is 30.4 Å². The number of nitro groups is 1. The first-order valence-electron chi connectivity index (χ1n) is 3.86. The number of halogens is 1. The summed E-state index contributed by atoms with van der Waals surface area (Å²) in [6.07, 6.45) is 2.88. The number of benzene rings is 1. The molecule has 14 heavy (non-hydrogen) atoms. The van der Waals surface area contributed by atoms with E-state index in [0.29, 0.717) is 10.6 Å². The van der Waals surface area contributed by atoms with Gasteiger partial charge >= 0.3 is 0 Å². The van der Waals surface area contributed by atoms with Crippen molar-refractivity contribution in [2.75, 3.05) is 6.61 Å². The number of nitrogens with zero attached hydrogens (tertiary/aromatic N) is 1. The molecule has 0 saturated heterocycles. The first-order valence-corrected chi connectivity index (χ1v) is 4.24. The molecule has 0 atom stereocenters. The Hall–Kier alpha value is -1.39. The first-order chi connectivity index (χ1) is 6.65. The Morgan fingerprint density at radius 1 is 1.57 bits per heavy atom. The Kier molecular flexibility index (Phi) is 3.62. The van der Waals surface area contributed by atoms with Crippen molar-refractivity contribution in [3.63, 3.8) is 0 Å². The van der Waals surface area contributed by atoms with Gasteiger partial charge in [0, 0.05) is 11.1 Å². The van der Waals surface area contributed by atoms with Crippen LogP contribution in [-0.4, -0.2) is 16.6 Å². The second-order valence-electron chi connectivity index (χ2n) is 2.55. The Labute approximate surface area is 85.6 Å². The molecule has 0 heterocycles. The number of hydrogen-bond donors (Lipinski definition) is 1. The van der Waals surface area contributed by atoms with Gasteiger partial charge in [-0.3, -0.25) is 10.1 Å². The van der Waals surface area contributed by atoms with E-state index in [2.05, 4.69) is 0 Å². The summed E-state index contributed by atoms with van der Waals surface area (Å²) in [6.45, 7) is -0.163. The van der Waals surface area contributed by atoms with E-state index >= 15 is 0 Å². The lowest BCUT2D eigenvalue weighted by atomic mass is 10.1. The van der Waals surface area contributed by atoms with Crippen LogP contribution >= 0.6 is 11.6 Å². The molecular weight excluding hydrogens is 206 g/mol. The summed E-state index contributed by atoms with van der Waals surface area (Å²) in [5.74, 6) is 0. The van der Waals surface area contributed by atoms with Crippen molar-refractivity contribution in [2.45, 2.75) is 0 Å². The fourth-order valence-corrected chi connectivity index (χ4v) is 1.19. The summed E-state index contributed by atoms with van der Waals surface area (Å²) in [5.41, 5.74) is 0.357. The zero-order valence-electron chi connectivity index (χ0n) is 7.18. The molecular formula is C9H8ClNO3. The molecule has 0 spiro atoms. The van der Waals surface area contributed by atoms with Gasteiger partial charge in [-0.25, -0.2) is 0 Å². The second-order valence-corrected chi connectivity index (χ2v) is 2.98. The SMILES string of the molecule is O=[N+]([O-])c1ccc(Cl)cc1C=CCO. The van der Waals surface area contributed by atoms with Gasteiger partial charge in [-0.1, -0.05) is 17.7 Å². The van der Waals surface area contributed by atoms with Crippen LogP contribution in [0.25, 0.3) is 6.08 Å². The summed E-state index contributed by atoms with van der Waals surface area (Å²) >= 11 is 5.68. The highest BCUT2D eigenvalue weighted by molar-refractivity contribution is 6.30. The molecule has 0 unspecified atom stereocenters. The second kappa shape index (κ2) is 4.74. The van der Waals surface area contributed by atoms with Gasteiger partial charge in [0.1, 0.15) is 0 Å². The molecule has 1 rings (SSSR count). The molecule has 1 N–H and O–H groups in total. The molecule has 0 saturated carbocycles. The van der Waals surface area contributed by atoms with E-state index in [9.17, 15) is 10.1 Å². The van der Waals surface area contributed by atoms with Gasteiger partial charge in [-0.05, 0) is 18.2 Å². The van der Waals surface area contributed by atoms with Crippen molar-refractivity contribution >= 4 is 23.4 Å².